The summed E-state index contributed by atoms with van der Waals surface area (Å²) in [4.78, 5) is 12.1. The normalized spacial score (nSPS) is 25.9. The molecule has 5 nitrogen and oxygen atoms in total. The van der Waals surface area contributed by atoms with E-state index in [1.54, 1.807) is 0 Å². The maximum Gasteiger partial charge on any atom is 0.160 e. The summed E-state index contributed by atoms with van der Waals surface area (Å²) >= 11 is 0. The molecule has 124 valence electrons. The van der Waals surface area contributed by atoms with Crippen molar-refractivity contribution in [3.63, 3.8) is 0 Å². The molecule has 2 aliphatic rings. The van der Waals surface area contributed by atoms with Crippen molar-refractivity contribution in [1.29, 1.82) is 0 Å². The Bertz CT molecular complexity index is 675. The Morgan fingerprint density at radius 2 is 2.26 bits per heavy atom. The monoisotopic (exact) mass is 314 g/mol. The summed E-state index contributed by atoms with van der Waals surface area (Å²) < 4.78 is 8.25. The number of nitrogens with zero attached hydrogens (tertiary/aromatic N) is 4. The van der Waals surface area contributed by atoms with E-state index in [0.29, 0.717) is 18.2 Å². The maximum atomic E-state index is 5.85. The Morgan fingerprint density at radius 1 is 1.35 bits per heavy atom. The molecule has 4 rings (SSSR count). The molecule has 0 bridgehead atoms. The topological polar surface area (TPSA) is 43.2 Å². The van der Waals surface area contributed by atoms with E-state index in [9.17, 15) is 0 Å². The van der Waals surface area contributed by atoms with Crippen LogP contribution in [-0.2, 0) is 11.2 Å². The summed E-state index contributed by atoms with van der Waals surface area (Å²) in [7, 11) is 0. The number of fused-ring (bicyclic) bond motifs is 1. The Kier molecular flexibility index (Phi) is 4.07. The van der Waals surface area contributed by atoms with Gasteiger partial charge in [0, 0.05) is 38.4 Å². The fourth-order valence-electron chi connectivity index (χ4n) is 3.96. The molecule has 0 aliphatic carbocycles. The first-order valence-electron chi connectivity index (χ1n) is 8.90. The van der Waals surface area contributed by atoms with Crippen molar-refractivity contribution in [2.24, 2.45) is 0 Å². The number of hydrogen-bond donors (Lipinski definition) is 0. The molecule has 2 unspecified atom stereocenters. The van der Waals surface area contributed by atoms with Gasteiger partial charge in [0.2, 0.25) is 0 Å². The highest BCUT2D eigenvalue weighted by Crippen LogP contribution is 2.29. The Morgan fingerprint density at radius 3 is 3.00 bits per heavy atom. The van der Waals surface area contributed by atoms with E-state index in [1.165, 1.54) is 12.8 Å². The zero-order valence-corrected chi connectivity index (χ0v) is 14.1. The number of likely N-dealkylation sites (tertiary alicyclic amines) is 1. The predicted octanol–water partition coefficient (Wildman–Crippen LogP) is 2.81. The molecule has 0 saturated carbocycles. The van der Waals surface area contributed by atoms with Gasteiger partial charge in [-0.05, 0) is 45.2 Å². The first-order chi connectivity index (χ1) is 11.2. The second-order valence-electron chi connectivity index (χ2n) is 7.11. The molecule has 2 aliphatic heterocycles. The number of ether oxygens (including phenoxy) is 1. The van der Waals surface area contributed by atoms with Crippen LogP contribution in [-0.4, -0.2) is 51.3 Å². The van der Waals surface area contributed by atoms with Gasteiger partial charge in [-0.3, -0.25) is 4.90 Å². The molecule has 2 aromatic heterocycles. The highest BCUT2D eigenvalue weighted by Gasteiger charge is 2.30. The van der Waals surface area contributed by atoms with Crippen molar-refractivity contribution in [1.82, 2.24) is 19.4 Å². The van der Waals surface area contributed by atoms with Crippen LogP contribution in [0.1, 0.15) is 45.0 Å². The first kappa shape index (κ1) is 15.1. The summed E-state index contributed by atoms with van der Waals surface area (Å²) in [6.07, 6.45) is 6.62. The van der Waals surface area contributed by atoms with Gasteiger partial charge in [0.25, 0.3) is 0 Å². The van der Waals surface area contributed by atoms with E-state index in [1.807, 2.05) is 12.3 Å². The molecule has 0 aromatic carbocycles. The quantitative estimate of drug-likeness (QED) is 0.870. The summed E-state index contributed by atoms with van der Waals surface area (Å²) in [5, 5.41) is 0. The molecule has 2 aromatic rings. The lowest BCUT2D eigenvalue weighted by molar-refractivity contribution is 0.109. The third-order valence-electron chi connectivity index (χ3n) is 5.25. The van der Waals surface area contributed by atoms with Gasteiger partial charge in [-0.2, -0.15) is 0 Å². The van der Waals surface area contributed by atoms with E-state index in [-0.39, 0.29) is 0 Å². The highest BCUT2D eigenvalue weighted by atomic mass is 16.5. The van der Waals surface area contributed by atoms with Gasteiger partial charge in [0.1, 0.15) is 11.3 Å². The average molecular weight is 314 g/mol. The van der Waals surface area contributed by atoms with Gasteiger partial charge in [-0.1, -0.05) is 0 Å². The summed E-state index contributed by atoms with van der Waals surface area (Å²) in [6.45, 7) is 7.71. The van der Waals surface area contributed by atoms with Crippen molar-refractivity contribution in [3.8, 4) is 0 Å². The minimum Gasteiger partial charge on any atom is -0.378 e. The van der Waals surface area contributed by atoms with Gasteiger partial charge in [-0.15, -0.1) is 0 Å². The van der Waals surface area contributed by atoms with Gasteiger partial charge >= 0.3 is 0 Å². The summed E-state index contributed by atoms with van der Waals surface area (Å²) in [5.41, 5.74) is 2.06. The third-order valence-corrected chi connectivity index (χ3v) is 5.25. The number of aromatic nitrogens is 3. The zero-order chi connectivity index (χ0) is 15.8. The van der Waals surface area contributed by atoms with Crippen LogP contribution in [0.4, 0.5) is 0 Å². The Labute approximate surface area is 137 Å². The molecule has 0 N–H and O–H groups in total. The van der Waals surface area contributed by atoms with Gasteiger partial charge in [0.15, 0.2) is 5.65 Å². The van der Waals surface area contributed by atoms with Crippen LogP contribution in [0.3, 0.4) is 0 Å². The average Bonchev–Trinajstić information content (AvgIpc) is 3.25. The van der Waals surface area contributed by atoms with E-state index in [0.717, 1.165) is 49.5 Å². The van der Waals surface area contributed by atoms with E-state index in [2.05, 4.69) is 34.4 Å². The highest BCUT2D eigenvalue weighted by molar-refractivity contribution is 5.71. The van der Waals surface area contributed by atoms with Crippen LogP contribution in [0.5, 0.6) is 0 Å². The van der Waals surface area contributed by atoms with Crippen LogP contribution in [0.15, 0.2) is 18.3 Å². The molecule has 4 heterocycles. The molecule has 0 radical (unpaired) electrons. The fraction of sp³-hybridized carbons (Fsp3) is 0.667. The Balaban J connectivity index is 1.68. The van der Waals surface area contributed by atoms with Crippen LogP contribution in [0.2, 0.25) is 0 Å². The summed E-state index contributed by atoms with van der Waals surface area (Å²) in [6, 6.07) is 5.13. The molecule has 2 atom stereocenters. The summed E-state index contributed by atoms with van der Waals surface area (Å²) in [5.74, 6) is 1.15. The standard InChI is InChI=1S/C18H26N4O/c1-13(2)21-9-7-14(12-21)22-17(11-15-5-4-10-23-15)20-16-6-3-8-19-18(16)22/h3,6,8,13-15H,4-5,7,9-12H2,1-2H3. The predicted molar refractivity (Wildman–Crippen MR) is 90.6 cm³/mol. The zero-order valence-electron chi connectivity index (χ0n) is 14.1. The lowest BCUT2D eigenvalue weighted by Gasteiger charge is -2.22. The van der Waals surface area contributed by atoms with Crippen molar-refractivity contribution in [2.75, 3.05) is 19.7 Å². The molecule has 0 amide bonds. The largest absolute Gasteiger partial charge is 0.378 e. The van der Waals surface area contributed by atoms with Gasteiger partial charge in [-0.25, -0.2) is 9.97 Å². The molecule has 5 heteroatoms. The van der Waals surface area contributed by atoms with Crippen LogP contribution < -0.4 is 0 Å². The van der Waals surface area contributed by atoms with Crippen molar-refractivity contribution < 1.29 is 4.74 Å². The lowest BCUT2D eigenvalue weighted by Crippen LogP contribution is -2.29. The van der Waals surface area contributed by atoms with E-state index >= 15 is 0 Å². The molecule has 2 saturated heterocycles. The molecule has 23 heavy (non-hydrogen) atoms. The van der Waals surface area contributed by atoms with Gasteiger partial charge < -0.3 is 9.30 Å². The van der Waals surface area contributed by atoms with Crippen molar-refractivity contribution >= 4 is 11.2 Å². The van der Waals surface area contributed by atoms with Crippen molar-refractivity contribution in [2.45, 2.75) is 57.7 Å². The van der Waals surface area contributed by atoms with Crippen molar-refractivity contribution in [3.05, 3.63) is 24.2 Å². The minimum absolute atomic E-state index is 0.327. The van der Waals surface area contributed by atoms with Gasteiger partial charge in [0.05, 0.1) is 12.1 Å². The minimum atomic E-state index is 0.327. The molecular formula is C18H26N4O. The SMILES string of the molecule is CC(C)N1CCC(n2c(CC3CCCO3)nc3cccnc32)C1. The molecule has 0 spiro atoms. The first-order valence-corrected chi connectivity index (χ1v) is 8.90. The third kappa shape index (κ3) is 2.88. The number of imidazole rings is 1. The molecular weight excluding hydrogens is 288 g/mol. The lowest BCUT2D eigenvalue weighted by atomic mass is 10.1. The van der Waals surface area contributed by atoms with E-state index < -0.39 is 0 Å². The van der Waals surface area contributed by atoms with Crippen LogP contribution in [0, 0.1) is 0 Å². The van der Waals surface area contributed by atoms with E-state index in [4.69, 9.17) is 9.72 Å². The van der Waals surface area contributed by atoms with Crippen LogP contribution in [0.25, 0.3) is 11.2 Å². The maximum absolute atomic E-state index is 5.85. The molecule has 2 fully saturated rings. The number of rotatable bonds is 4. The fourth-order valence-corrected chi connectivity index (χ4v) is 3.96. The number of hydrogen-bond acceptors (Lipinski definition) is 4. The second-order valence-corrected chi connectivity index (χ2v) is 7.11. The smallest absolute Gasteiger partial charge is 0.160 e. The number of pyridine rings is 1. The Hall–Kier alpha value is -1.46. The van der Waals surface area contributed by atoms with Crippen LogP contribution >= 0.6 is 0 Å². The second kappa shape index (κ2) is 6.21.